The van der Waals surface area contributed by atoms with Crippen molar-refractivity contribution in [2.45, 2.75) is 318 Å². The van der Waals surface area contributed by atoms with Gasteiger partial charge in [0.2, 0.25) is 0 Å². The highest BCUT2D eigenvalue weighted by molar-refractivity contribution is 6.43. The average molecular weight is 896 g/mol. The van der Waals surface area contributed by atoms with Crippen molar-refractivity contribution in [3.05, 3.63) is 58.7 Å². The van der Waals surface area contributed by atoms with E-state index in [1.165, 1.54) is 275 Å². The quantitative estimate of drug-likeness (QED) is 0.0467. The molecule has 0 spiro atoms. The molecule has 0 aliphatic carbocycles. The zero-order valence-corrected chi connectivity index (χ0v) is 44.8. The molecule has 2 rings (SSSR count). The van der Waals surface area contributed by atoms with Gasteiger partial charge in [-0.15, -0.1) is 0 Å². The van der Waals surface area contributed by atoms with Crippen LogP contribution < -0.4 is 0 Å². The molecule has 0 aromatic heterocycles. The molecule has 0 bridgehead atoms. The Morgan fingerprint density at radius 2 is 0.492 bits per heavy atom. The number of benzene rings is 2. The highest BCUT2D eigenvalue weighted by Gasteiger charge is 2.14. The fraction of sp³-hybridized carbons (Fsp3) is 0.778. The molecular weight excluding hydrogens is 785 g/mol. The highest BCUT2D eigenvalue weighted by Crippen LogP contribution is 2.27. The molecule has 0 atom stereocenters. The molecule has 2 aromatic carbocycles. The summed E-state index contributed by atoms with van der Waals surface area (Å²) in [5, 5.41) is 0. The van der Waals surface area contributed by atoms with E-state index in [4.69, 9.17) is 9.98 Å². The molecular formula is C63H110N2. The molecule has 2 heteroatoms. The zero-order valence-electron chi connectivity index (χ0n) is 44.8. The lowest BCUT2D eigenvalue weighted by atomic mass is 9.96. The largest absolute Gasteiger partial charge is 0.252 e. The second-order valence-corrected chi connectivity index (χ2v) is 20.5. The van der Waals surface area contributed by atoms with Gasteiger partial charge in [-0.2, -0.15) is 0 Å². The molecule has 0 saturated carbocycles. The van der Waals surface area contributed by atoms with Crippen LogP contribution in [0, 0.1) is 0 Å². The van der Waals surface area contributed by atoms with Crippen molar-refractivity contribution >= 4 is 22.8 Å². The molecule has 0 N–H and O–H groups in total. The van der Waals surface area contributed by atoms with E-state index in [1.807, 2.05) is 0 Å². The Kier molecular flexibility index (Phi) is 39.0. The summed E-state index contributed by atoms with van der Waals surface area (Å²) < 4.78 is 0. The predicted octanol–water partition coefficient (Wildman–Crippen LogP) is 22.0. The second-order valence-electron chi connectivity index (χ2n) is 20.5. The fourth-order valence-electron chi connectivity index (χ4n) is 9.86. The fourth-order valence-corrected chi connectivity index (χ4v) is 9.86. The summed E-state index contributed by atoms with van der Waals surface area (Å²) in [7, 11) is 0. The lowest BCUT2D eigenvalue weighted by Gasteiger charge is -2.15. The normalized spacial score (nSPS) is 12.2. The number of rotatable bonds is 46. The van der Waals surface area contributed by atoms with Crippen molar-refractivity contribution in [2.75, 3.05) is 0 Å². The van der Waals surface area contributed by atoms with E-state index in [-0.39, 0.29) is 0 Å². The Labute approximate surface area is 407 Å². The minimum absolute atomic E-state index is 1.03. The van der Waals surface area contributed by atoms with E-state index in [1.54, 1.807) is 22.3 Å². The molecule has 372 valence electrons. The number of nitrogens with zero attached hydrogens (tertiary/aromatic N) is 2. The van der Waals surface area contributed by atoms with E-state index in [9.17, 15) is 0 Å². The van der Waals surface area contributed by atoms with Crippen LogP contribution in [0.2, 0.25) is 0 Å². The van der Waals surface area contributed by atoms with Crippen molar-refractivity contribution < 1.29 is 0 Å². The Morgan fingerprint density at radius 1 is 0.262 bits per heavy atom. The van der Waals surface area contributed by atoms with Gasteiger partial charge in [-0.05, 0) is 124 Å². The van der Waals surface area contributed by atoms with E-state index in [0.717, 1.165) is 24.2 Å². The minimum Gasteiger partial charge on any atom is -0.252 e. The Morgan fingerprint density at radius 3 is 0.785 bits per heavy atom. The van der Waals surface area contributed by atoms with Crippen molar-refractivity contribution in [3.63, 3.8) is 0 Å². The van der Waals surface area contributed by atoms with Gasteiger partial charge in [0, 0.05) is 0 Å². The number of aliphatic imine (C=N–C) groups is 2. The van der Waals surface area contributed by atoms with Gasteiger partial charge < -0.3 is 0 Å². The number of hydrogen-bond acceptors (Lipinski definition) is 2. The standard InChI is InChI=1S/C63H110N2/c1-7-13-19-21-22-23-24-25-26-27-28-29-30-31-32-33-34-35-36-37-43-49-63(65-61-53-51-57(45-39-16-10-4)59(55-61)47-41-18-12-6)62(48-42-20-14-8-2)64-60-52-50-56(44-38-15-9-3)58(54-60)46-40-17-11-5/h50-55H,7-49H2,1-6H3. The van der Waals surface area contributed by atoms with Gasteiger partial charge in [-0.1, -0.05) is 253 Å². The third-order valence-corrected chi connectivity index (χ3v) is 14.2. The van der Waals surface area contributed by atoms with Crippen LogP contribution >= 0.6 is 0 Å². The van der Waals surface area contributed by atoms with Crippen molar-refractivity contribution in [3.8, 4) is 0 Å². The predicted molar refractivity (Wildman–Crippen MR) is 296 cm³/mol. The summed E-state index contributed by atoms with van der Waals surface area (Å²) in [6.07, 6.45) is 57.1. The molecule has 0 saturated heterocycles. The number of hydrogen-bond donors (Lipinski definition) is 0. The lowest BCUT2D eigenvalue weighted by molar-refractivity contribution is 0.521. The van der Waals surface area contributed by atoms with Crippen LogP contribution in [0.15, 0.2) is 46.4 Å². The Hall–Kier alpha value is -2.22. The molecule has 0 aliphatic rings. The summed E-state index contributed by atoms with van der Waals surface area (Å²) in [6.45, 7) is 13.9. The monoisotopic (exact) mass is 895 g/mol. The van der Waals surface area contributed by atoms with Crippen molar-refractivity contribution in [1.82, 2.24) is 0 Å². The highest BCUT2D eigenvalue weighted by atomic mass is 14.8. The smallest absolute Gasteiger partial charge is 0.0636 e. The van der Waals surface area contributed by atoms with Crippen molar-refractivity contribution in [2.24, 2.45) is 9.98 Å². The maximum absolute atomic E-state index is 5.64. The van der Waals surface area contributed by atoms with Gasteiger partial charge in [-0.3, -0.25) is 9.98 Å². The number of aryl methyl sites for hydroxylation is 4. The minimum atomic E-state index is 1.03. The van der Waals surface area contributed by atoms with Crippen LogP contribution in [0.1, 0.15) is 314 Å². The molecule has 2 nitrogen and oxygen atoms in total. The van der Waals surface area contributed by atoms with Crippen LogP contribution in [-0.2, 0) is 25.7 Å². The van der Waals surface area contributed by atoms with Crippen LogP contribution in [0.3, 0.4) is 0 Å². The van der Waals surface area contributed by atoms with Crippen LogP contribution in [-0.4, -0.2) is 11.4 Å². The molecule has 0 radical (unpaired) electrons. The van der Waals surface area contributed by atoms with Gasteiger partial charge in [0.15, 0.2) is 0 Å². The third kappa shape index (κ3) is 30.7. The van der Waals surface area contributed by atoms with Gasteiger partial charge in [0.25, 0.3) is 0 Å². The maximum Gasteiger partial charge on any atom is 0.0636 e. The van der Waals surface area contributed by atoms with Gasteiger partial charge >= 0.3 is 0 Å². The van der Waals surface area contributed by atoms with Crippen molar-refractivity contribution in [1.29, 1.82) is 0 Å². The Bertz CT molecular complexity index is 1430. The summed E-state index contributed by atoms with van der Waals surface area (Å²) in [6, 6.07) is 14.5. The van der Waals surface area contributed by atoms with Crippen LogP contribution in [0.5, 0.6) is 0 Å². The van der Waals surface area contributed by atoms with Gasteiger partial charge in [-0.25, -0.2) is 0 Å². The summed E-state index contributed by atoms with van der Waals surface area (Å²) in [4.78, 5) is 11.3. The van der Waals surface area contributed by atoms with E-state index >= 15 is 0 Å². The van der Waals surface area contributed by atoms with Crippen LogP contribution in [0.25, 0.3) is 0 Å². The maximum atomic E-state index is 5.64. The second kappa shape index (κ2) is 43.1. The SMILES string of the molecule is CCCCCCCCCCCCCCCCCCCCCCCC(=Nc1ccc(CCCCC)c(CCCCC)c1)C(CCCCCC)=Nc1ccc(CCCCC)c(CCCCC)c1. The molecule has 0 unspecified atom stereocenters. The third-order valence-electron chi connectivity index (χ3n) is 14.2. The van der Waals surface area contributed by atoms with E-state index < -0.39 is 0 Å². The zero-order chi connectivity index (χ0) is 46.7. The summed E-state index contributed by atoms with van der Waals surface area (Å²) >= 11 is 0. The first kappa shape index (κ1) is 58.9. The topological polar surface area (TPSA) is 24.7 Å². The molecule has 0 aliphatic heterocycles. The van der Waals surface area contributed by atoms with E-state index in [2.05, 4.69) is 77.9 Å². The molecule has 2 aromatic rings. The number of unbranched alkanes of at least 4 members (excludes halogenated alkanes) is 31. The molecule has 0 fully saturated rings. The first-order valence-corrected chi connectivity index (χ1v) is 29.5. The average Bonchev–Trinajstić information content (AvgIpc) is 3.31. The molecule has 0 heterocycles. The van der Waals surface area contributed by atoms with Crippen LogP contribution in [0.4, 0.5) is 11.4 Å². The lowest BCUT2D eigenvalue weighted by Crippen LogP contribution is -2.14. The first-order valence-electron chi connectivity index (χ1n) is 29.5. The van der Waals surface area contributed by atoms with Gasteiger partial charge in [0.1, 0.15) is 0 Å². The summed E-state index contributed by atoms with van der Waals surface area (Å²) in [5.74, 6) is 0. The van der Waals surface area contributed by atoms with E-state index in [0.29, 0.717) is 0 Å². The van der Waals surface area contributed by atoms with Gasteiger partial charge in [0.05, 0.1) is 22.8 Å². The molecule has 65 heavy (non-hydrogen) atoms. The Balaban J connectivity index is 2.14. The molecule has 0 amide bonds. The summed E-state index contributed by atoms with van der Waals surface area (Å²) in [5.41, 5.74) is 11.0. The first-order chi connectivity index (χ1) is 32.1.